The number of hydrogen-bond acceptors (Lipinski definition) is 3. The fraction of sp³-hybridized carbons (Fsp3) is 0.886. The molecule has 3 saturated carbocycles. The van der Waals surface area contributed by atoms with Crippen LogP contribution in [-0.2, 0) is 9.59 Å². The summed E-state index contributed by atoms with van der Waals surface area (Å²) in [5.41, 5.74) is -0.813. The average Bonchev–Trinajstić information content (AvgIpc) is 2.94. The van der Waals surface area contributed by atoms with Crippen molar-refractivity contribution in [1.82, 2.24) is 0 Å². The molecule has 3 rings (SSSR count). The Hall–Kier alpha value is -1.32. The van der Waals surface area contributed by atoms with Crippen molar-refractivity contribution >= 4 is 11.9 Å². The molecule has 0 bridgehead atoms. The molecule has 39 heavy (non-hydrogen) atoms. The number of carbonyl (C=O) groups excluding carboxylic acids is 1. The van der Waals surface area contributed by atoms with E-state index >= 15 is 0 Å². The minimum Gasteiger partial charge on any atom is -0.545 e. The van der Waals surface area contributed by atoms with E-state index in [1.54, 1.807) is 0 Å². The Labute approximate surface area is 239 Å². The molecule has 0 atom stereocenters. The SMILES string of the molecule is O=C([O-])/C(=C/C(C1CCCCCCCCC1)(C1CCCCCCCCC1)C1CCCCCCCCC1)C(=O)O. The molecule has 0 spiro atoms. The van der Waals surface area contributed by atoms with Gasteiger partial charge in [-0.1, -0.05) is 141 Å². The highest BCUT2D eigenvalue weighted by Crippen LogP contribution is 2.56. The molecule has 3 aliphatic rings. The van der Waals surface area contributed by atoms with Crippen LogP contribution in [0.1, 0.15) is 173 Å². The van der Waals surface area contributed by atoms with E-state index in [4.69, 9.17) is 0 Å². The lowest BCUT2D eigenvalue weighted by atomic mass is 9.52. The number of rotatable bonds is 6. The summed E-state index contributed by atoms with van der Waals surface area (Å²) < 4.78 is 0. The van der Waals surface area contributed by atoms with Crippen molar-refractivity contribution in [2.45, 2.75) is 173 Å². The van der Waals surface area contributed by atoms with Gasteiger partial charge in [0.2, 0.25) is 0 Å². The van der Waals surface area contributed by atoms with E-state index in [-0.39, 0.29) is 5.41 Å². The lowest BCUT2D eigenvalue weighted by Gasteiger charge is -2.52. The van der Waals surface area contributed by atoms with Crippen LogP contribution in [0, 0.1) is 23.2 Å². The largest absolute Gasteiger partial charge is 0.545 e. The highest BCUT2D eigenvalue weighted by atomic mass is 16.4. The molecular formula is C35H59O4-. The van der Waals surface area contributed by atoms with Crippen molar-refractivity contribution in [1.29, 1.82) is 0 Å². The zero-order chi connectivity index (χ0) is 27.8. The fourth-order valence-electron chi connectivity index (χ4n) is 8.74. The van der Waals surface area contributed by atoms with Crippen LogP contribution < -0.4 is 5.11 Å². The van der Waals surface area contributed by atoms with Gasteiger partial charge in [-0.3, -0.25) is 0 Å². The van der Waals surface area contributed by atoms with E-state index in [9.17, 15) is 19.8 Å². The summed E-state index contributed by atoms with van der Waals surface area (Å²) >= 11 is 0. The molecule has 0 unspecified atom stereocenters. The summed E-state index contributed by atoms with van der Waals surface area (Å²) in [5.74, 6) is -1.70. The van der Waals surface area contributed by atoms with Gasteiger partial charge in [-0.25, -0.2) is 4.79 Å². The molecule has 0 aliphatic heterocycles. The number of hydrogen-bond donors (Lipinski definition) is 1. The van der Waals surface area contributed by atoms with E-state index in [1.165, 1.54) is 135 Å². The highest BCUT2D eigenvalue weighted by Gasteiger charge is 2.48. The lowest BCUT2D eigenvalue weighted by Crippen LogP contribution is -2.45. The number of carboxylic acids is 2. The van der Waals surface area contributed by atoms with Crippen molar-refractivity contribution < 1.29 is 19.8 Å². The van der Waals surface area contributed by atoms with Crippen molar-refractivity contribution in [2.24, 2.45) is 23.2 Å². The zero-order valence-electron chi connectivity index (χ0n) is 25.1. The van der Waals surface area contributed by atoms with Gasteiger partial charge in [0, 0.05) is 0 Å². The second-order valence-electron chi connectivity index (χ2n) is 13.4. The van der Waals surface area contributed by atoms with Crippen LogP contribution in [0.5, 0.6) is 0 Å². The average molecular weight is 544 g/mol. The molecule has 0 radical (unpaired) electrons. The number of allylic oxidation sites excluding steroid dienone is 1. The maximum atomic E-state index is 12.4. The summed E-state index contributed by atoms with van der Waals surface area (Å²) in [6.07, 6.45) is 34.9. The van der Waals surface area contributed by atoms with E-state index in [0.29, 0.717) is 17.8 Å². The Bertz CT molecular complexity index is 630. The van der Waals surface area contributed by atoms with Crippen LogP contribution in [0.2, 0.25) is 0 Å². The minimum absolute atomic E-state index is 0.356. The molecule has 0 heterocycles. The van der Waals surface area contributed by atoms with Crippen molar-refractivity contribution in [3.05, 3.63) is 11.6 Å². The Morgan fingerprint density at radius 2 is 0.718 bits per heavy atom. The van der Waals surface area contributed by atoms with E-state index in [2.05, 4.69) is 0 Å². The molecule has 4 nitrogen and oxygen atoms in total. The normalized spacial score (nSPS) is 24.5. The Kier molecular flexibility index (Phi) is 15.0. The Morgan fingerprint density at radius 3 is 0.923 bits per heavy atom. The Balaban J connectivity index is 2.16. The highest BCUT2D eigenvalue weighted by molar-refractivity contribution is 6.11. The maximum absolute atomic E-state index is 12.4. The van der Waals surface area contributed by atoms with Crippen molar-refractivity contribution in [3.63, 3.8) is 0 Å². The first kappa shape index (κ1) is 32.2. The molecule has 0 aromatic rings. The van der Waals surface area contributed by atoms with Gasteiger partial charge in [0.1, 0.15) is 0 Å². The topological polar surface area (TPSA) is 77.4 Å². The maximum Gasteiger partial charge on any atom is 0.337 e. The van der Waals surface area contributed by atoms with E-state index in [0.717, 1.165) is 38.5 Å². The van der Waals surface area contributed by atoms with Crippen LogP contribution in [0.4, 0.5) is 0 Å². The first-order chi connectivity index (χ1) is 19.1. The van der Waals surface area contributed by atoms with Crippen LogP contribution in [0.15, 0.2) is 11.6 Å². The standard InChI is InChI=1S/C35H60O4/c36-33(37)32(34(38)39)28-35(29-22-16-10-4-1-5-11-17-23-29,30-24-18-12-6-2-7-13-19-25-30)31-26-20-14-8-3-9-15-21-27-31/h28-31H,1-27H2,(H,36,37)(H,38,39)/p-1. The van der Waals surface area contributed by atoms with Crippen molar-refractivity contribution in [2.75, 3.05) is 0 Å². The van der Waals surface area contributed by atoms with E-state index < -0.39 is 17.5 Å². The molecular weight excluding hydrogens is 484 g/mol. The predicted octanol–water partition coefficient (Wildman–Crippen LogP) is 9.16. The number of aliphatic carboxylic acids is 2. The third-order valence-corrected chi connectivity index (χ3v) is 10.8. The molecule has 4 heteroatoms. The second-order valence-corrected chi connectivity index (χ2v) is 13.4. The summed E-state index contributed by atoms with van der Waals surface area (Å²) in [6.45, 7) is 0. The van der Waals surface area contributed by atoms with Gasteiger partial charge in [0.15, 0.2) is 0 Å². The van der Waals surface area contributed by atoms with Crippen LogP contribution in [0.3, 0.4) is 0 Å². The molecule has 0 saturated heterocycles. The quantitative estimate of drug-likeness (QED) is 0.206. The molecule has 3 aliphatic carbocycles. The van der Waals surface area contributed by atoms with Crippen molar-refractivity contribution in [3.8, 4) is 0 Å². The monoisotopic (exact) mass is 543 g/mol. The summed E-state index contributed by atoms with van der Waals surface area (Å²) in [4.78, 5) is 24.8. The molecule has 0 amide bonds. The molecule has 0 aromatic heterocycles. The van der Waals surface area contributed by atoms with E-state index in [1.807, 2.05) is 6.08 Å². The van der Waals surface area contributed by atoms with Crippen LogP contribution in [0.25, 0.3) is 0 Å². The van der Waals surface area contributed by atoms with Gasteiger partial charge < -0.3 is 15.0 Å². The number of carboxylic acid groups (broad SMARTS) is 2. The summed E-state index contributed by atoms with van der Waals surface area (Å²) in [6, 6.07) is 0. The first-order valence-electron chi connectivity index (χ1n) is 17.2. The van der Waals surface area contributed by atoms with Gasteiger partial charge in [0.25, 0.3) is 0 Å². The lowest BCUT2D eigenvalue weighted by molar-refractivity contribution is -0.299. The van der Waals surface area contributed by atoms with Gasteiger partial charge in [-0.05, 0) is 61.7 Å². The molecule has 3 fully saturated rings. The molecule has 224 valence electrons. The second kappa shape index (κ2) is 18.2. The minimum atomic E-state index is -1.49. The first-order valence-corrected chi connectivity index (χ1v) is 17.2. The molecule has 0 aromatic carbocycles. The van der Waals surface area contributed by atoms with Crippen LogP contribution >= 0.6 is 0 Å². The summed E-state index contributed by atoms with van der Waals surface area (Å²) in [7, 11) is 0. The van der Waals surface area contributed by atoms with Gasteiger partial charge >= 0.3 is 5.97 Å². The van der Waals surface area contributed by atoms with Crippen LogP contribution in [-0.4, -0.2) is 17.0 Å². The third kappa shape index (κ3) is 10.2. The van der Waals surface area contributed by atoms with Gasteiger partial charge in [-0.15, -0.1) is 0 Å². The van der Waals surface area contributed by atoms with Gasteiger partial charge in [0.05, 0.1) is 11.5 Å². The fourth-order valence-corrected chi connectivity index (χ4v) is 8.74. The zero-order valence-corrected chi connectivity index (χ0v) is 25.1. The molecule has 1 N–H and O–H groups in total. The number of carbonyl (C=O) groups is 2. The smallest absolute Gasteiger partial charge is 0.337 e. The Morgan fingerprint density at radius 1 is 0.487 bits per heavy atom. The third-order valence-electron chi connectivity index (χ3n) is 10.8. The predicted molar refractivity (Wildman–Crippen MR) is 158 cm³/mol. The summed E-state index contributed by atoms with van der Waals surface area (Å²) in [5, 5.41) is 22.5. The van der Waals surface area contributed by atoms with Gasteiger partial charge in [-0.2, -0.15) is 0 Å².